The first-order valence-electron chi connectivity index (χ1n) is 6.85. The molecule has 2 bridgehead atoms. The van der Waals surface area contributed by atoms with Crippen LogP contribution in [0.4, 0.5) is 5.69 Å². The van der Waals surface area contributed by atoms with Crippen LogP contribution in [0.25, 0.3) is 0 Å². The second-order valence-corrected chi connectivity index (χ2v) is 5.38. The van der Waals surface area contributed by atoms with Gasteiger partial charge in [-0.15, -0.1) is 0 Å². The molecule has 6 nitrogen and oxygen atoms in total. The van der Waals surface area contributed by atoms with E-state index in [0.29, 0.717) is 11.6 Å². The van der Waals surface area contributed by atoms with Gasteiger partial charge in [0.1, 0.15) is 6.10 Å². The normalized spacial score (nSPS) is 28.1. The lowest BCUT2D eigenvalue weighted by atomic mass is 10.1. The lowest BCUT2D eigenvalue weighted by molar-refractivity contribution is -0.384. The van der Waals surface area contributed by atoms with Crippen LogP contribution < -0.4 is 5.32 Å². The lowest BCUT2D eigenvalue weighted by Crippen LogP contribution is -2.38. The van der Waals surface area contributed by atoms with Crippen LogP contribution in [0.5, 0.6) is 0 Å². The molecular weight excluding hydrogens is 260 g/mol. The molecule has 3 atom stereocenters. The SMILES string of the molecule is O=C(O[C@H]1C[C@@H]2CCC[C@H]1N2)c1ccc([N+](=O)[O-])cc1. The molecule has 2 saturated heterocycles. The van der Waals surface area contributed by atoms with Gasteiger partial charge in [0, 0.05) is 30.6 Å². The summed E-state index contributed by atoms with van der Waals surface area (Å²) < 4.78 is 5.54. The Morgan fingerprint density at radius 2 is 2.05 bits per heavy atom. The quantitative estimate of drug-likeness (QED) is 0.519. The van der Waals surface area contributed by atoms with Crippen molar-refractivity contribution in [2.45, 2.75) is 43.9 Å². The third-order valence-electron chi connectivity index (χ3n) is 4.06. The van der Waals surface area contributed by atoms with E-state index < -0.39 is 10.9 Å². The minimum absolute atomic E-state index is 0.0278. The van der Waals surface area contributed by atoms with Gasteiger partial charge in [0.25, 0.3) is 5.69 Å². The summed E-state index contributed by atoms with van der Waals surface area (Å²) in [5, 5.41) is 14.0. The first-order valence-corrected chi connectivity index (χ1v) is 6.85. The highest BCUT2D eigenvalue weighted by Crippen LogP contribution is 2.29. The van der Waals surface area contributed by atoms with E-state index in [2.05, 4.69) is 5.32 Å². The average Bonchev–Trinajstić information content (AvgIpc) is 2.73. The van der Waals surface area contributed by atoms with E-state index in [-0.39, 0.29) is 17.8 Å². The molecule has 0 aliphatic carbocycles. The first-order chi connectivity index (χ1) is 9.63. The summed E-state index contributed by atoms with van der Waals surface area (Å²) in [5.74, 6) is -0.403. The zero-order valence-electron chi connectivity index (χ0n) is 11.0. The molecule has 0 radical (unpaired) electrons. The second-order valence-electron chi connectivity index (χ2n) is 5.38. The van der Waals surface area contributed by atoms with Gasteiger partial charge < -0.3 is 10.1 Å². The van der Waals surface area contributed by atoms with Crippen molar-refractivity contribution in [3.05, 3.63) is 39.9 Å². The average molecular weight is 276 g/mol. The van der Waals surface area contributed by atoms with E-state index in [0.717, 1.165) is 19.3 Å². The zero-order valence-corrected chi connectivity index (χ0v) is 11.0. The molecular formula is C14H16N2O4. The molecule has 6 heteroatoms. The van der Waals surface area contributed by atoms with Crippen LogP contribution in [0.2, 0.25) is 0 Å². The number of hydrogen-bond acceptors (Lipinski definition) is 5. The number of nitro groups is 1. The number of fused-ring (bicyclic) bond motifs is 2. The molecule has 2 fully saturated rings. The van der Waals surface area contributed by atoms with Crippen molar-refractivity contribution in [3.8, 4) is 0 Å². The molecule has 1 aromatic carbocycles. The summed E-state index contributed by atoms with van der Waals surface area (Å²) in [6.45, 7) is 0. The Balaban J connectivity index is 1.65. The number of carbonyl (C=O) groups excluding carboxylic acids is 1. The van der Waals surface area contributed by atoms with E-state index >= 15 is 0 Å². The predicted octanol–water partition coefficient (Wildman–Crippen LogP) is 2.03. The highest BCUT2D eigenvalue weighted by Gasteiger charge is 2.38. The highest BCUT2D eigenvalue weighted by molar-refractivity contribution is 5.89. The fourth-order valence-electron chi connectivity index (χ4n) is 3.03. The van der Waals surface area contributed by atoms with Crippen molar-refractivity contribution in [2.75, 3.05) is 0 Å². The standard InChI is InChI=1S/C14H16N2O4/c17-14(9-4-6-11(7-5-9)16(18)19)20-13-8-10-2-1-3-12(13)15-10/h4-7,10,12-13,15H,1-3,8H2/t10-,12+,13-/m0/s1. The molecule has 1 aromatic rings. The maximum absolute atomic E-state index is 12.1. The van der Waals surface area contributed by atoms with E-state index in [9.17, 15) is 14.9 Å². The Morgan fingerprint density at radius 3 is 2.70 bits per heavy atom. The summed E-state index contributed by atoms with van der Waals surface area (Å²) in [6.07, 6.45) is 4.14. The molecule has 0 saturated carbocycles. The number of non-ortho nitro benzene ring substituents is 1. The van der Waals surface area contributed by atoms with Crippen molar-refractivity contribution < 1.29 is 14.5 Å². The van der Waals surface area contributed by atoms with Crippen LogP contribution in [0.3, 0.4) is 0 Å². The number of nitrogens with zero attached hydrogens (tertiary/aromatic N) is 1. The van der Waals surface area contributed by atoms with Gasteiger partial charge in [-0.25, -0.2) is 4.79 Å². The Bertz CT molecular complexity index is 528. The van der Waals surface area contributed by atoms with E-state index in [4.69, 9.17) is 4.74 Å². The maximum atomic E-state index is 12.1. The third kappa shape index (κ3) is 2.51. The van der Waals surface area contributed by atoms with Crippen molar-refractivity contribution in [3.63, 3.8) is 0 Å². The number of rotatable bonds is 3. The number of piperidine rings is 1. The van der Waals surface area contributed by atoms with Crippen LogP contribution in [-0.4, -0.2) is 29.1 Å². The molecule has 0 spiro atoms. The fraction of sp³-hybridized carbons (Fsp3) is 0.500. The van der Waals surface area contributed by atoms with E-state index in [1.807, 2.05) is 0 Å². The summed E-state index contributed by atoms with van der Waals surface area (Å²) in [6, 6.07) is 6.24. The highest BCUT2D eigenvalue weighted by atomic mass is 16.6. The molecule has 106 valence electrons. The lowest BCUT2D eigenvalue weighted by Gasteiger charge is -2.22. The Morgan fingerprint density at radius 1 is 1.30 bits per heavy atom. The zero-order chi connectivity index (χ0) is 14.1. The molecule has 20 heavy (non-hydrogen) atoms. The molecule has 1 N–H and O–H groups in total. The number of nitro benzene ring substituents is 1. The van der Waals surface area contributed by atoms with Gasteiger partial charge >= 0.3 is 5.97 Å². The van der Waals surface area contributed by atoms with Crippen LogP contribution in [0.15, 0.2) is 24.3 Å². The summed E-state index contributed by atoms with van der Waals surface area (Å²) in [7, 11) is 0. The van der Waals surface area contributed by atoms with Crippen molar-refractivity contribution in [1.29, 1.82) is 0 Å². The van der Waals surface area contributed by atoms with Crippen molar-refractivity contribution in [1.82, 2.24) is 5.32 Å². The Hall–Kier alpha value is -1.95. The van der Waals surface area contributed by atoms with E-state index in [1.165, 1.54) is 30.7 Å². The van der Waals surface area contributed by atoms with Crippen LogP contribution in [0, 0.1) is 10.1 Å². The number of ether oxygens (including phenoxy) is 1. The van der Waals surface area contributed by atoms with Crippen LogP contribution in [0.1, 0.15) is 36.0 Å². The van der Waals surface area contributed by atoms with Gasteiger partial charge in [-0.1, -0.05) is 6.42 Å². The van der Waals surface area contributed by atoms with E-state index in [1.54, 1.807) is 0 Å². The summed E-state index contributed by atoms with van der Waals surface area (Å²) in [4.78, 5) is 22.1. The van der Waals surface area contributed by atoms with Gasteiger partial charge in [-0.3, -0.25) is 10.1 Å². The number of benzene rings is 1. The van der Waals surface area contributed by atoms with Crippen molar-refractivity contribution in [2.24, 2.45) is 0 Å². The molecule has 0 aromatic heterocycles. The molecule has 2 heterocycles. The van der Waals surface area contributed by atoms with Gasteiger partial charge in [-0.2, -0.15) is 0 Å². The monoisotopic (exact) mass is 276 g/mol. The molecule has 2 aliphatic rings. The smallest absolute Gasteiger partial charge is 0.338 e. The summed E-state index contributed by atoms with van der Waals surface area (Å²) >= 11 is 0. The van der Waals surface area contributed by atoms with Gasteiger partial charge in [-0.05, 0) is 25.0 Å². The number of esters is 1. The maximum Gasteiger partial charge on any atom is 0.338 e. The summed E-state index contributed by atoms with van der Waals surface area (Å²) in [5.41, 5.74) is 0.331. The fourth-order valence-corrected chi connectivity index (χ4v) is 3.03. The molecule has 0 amide bonds. The van der Waals surface area contributed by atoms with Crippen LogP contribution >= 0.6 is 0 Å². The molecule has 3 rings (SSSR count). The van der Waals surface area contributed by atoms with Gasteiger partial charge in [0.2, 0.25) is 0 Å². The minimum Gasteiger partial charge on any atom is -0.457 e. The largest absolute Gasteiger partial charge is 0.457 e. The number of carbonyl (C=O) groups is 1. The predicted molar refractivity (Wildman–Crippen MR) is 71.5 cm³/mol. The number of hydrogen-bond donors (Lipinski definition) is 1. The molecule has 0 unspecified atom stereocenters. The second kappa shape index (κ2) is 5.20. The Labute approximate surface area is 116 Å². The number of nitrogens with one attached hydrogen (secondary N) is 1. The first kappa shape index (κ1) is 13.1. The minimum atomic E-state index is -0.487. The van der Waals surface area contributed by atoms with Crippen molar-refractivity contribution >= 4 is 11.7 Å². The topological polar surface area (TPSA) is 81.5 Å². The third-order valence-corrected chi connectivity index (χ3v) is 4.06. The Kier molecular flexibility index (Phi) is 3.40. The van der Waals surface area contributed by atoms with Crippen LogP contribution in [-0.2, 0) is 4.74 Å². The van der Waals surface area contributed by atoms with Gasteiger partial charge in [0.05, 0.1) is 10.5 Å². The molecule has 2 aliphatic heterocycles. The van der Waals surface area contributed by atoms with Gasteiger partial charge in [0.15, 0.2) is 0 Å².